The molecule has 0 aliphatic carbocycles. The van der Waals surface area contributed by atoms with Gasteiger partial charge in [0.15, 0.2) is 0 Å². The molecule has 0 saturated carbocycles. The molecule has 18 heavy (non-hydrogen) atoms. The van der Waals surface area contributed by atoms with Crippen LogP contribution >= 0.6 is 0 Å². The number of fused-ring (bicyclic) bond motifs is 2. The molecule has 3 aromatic rings. The van der Waals surface area contributed by atoms with Crippen molar-refractivity contribution in [1.82, 2.24) is 0 Å². The molecule has 3 aromatic carbocycles. The molecule has 0 N–H and O–H groups in total. The third-order valence-corrected chi connectivity index (χ3v) is 3.32. The van der Waals surface area contributed by atoms with E-state index in [4.69, 9.17) is 0 Å². The fourth-order valence-electron chi connectivity index (χ4n) is 2.22. The smallest absolute Gasteiger partial charge is 0.0175 e. The van der Waals surface area contributed by atoms with Crippen molar-refractivity contribution in [3.05, 3.63) is 59.7 Å². The molecule has 0 unspecified atom stereocenters. The summed E-state index contributed by atoms with van der Waals surface area (Å²) in [5, 5.41) is 5.31. The van der Waals surface area contributed by atoms with Crippen LogP contribution in [0.5, 0.6) is 0 Å². The van der Waals surface area contributed by atoms with Gasteiger partial charge < -0.3 is 0 Å². The topological polar surface area (TPSA) is 0 Å². The Hall–Kier alpha value is -1.82. The first kappa shape index (κ1) is 12.6. The molecule has 0 atom stereocenters. The Balaban J connectivity index is 0.000000574. The summed E-state index contributed by atoms with van der Waals surface area (Å²) in [4.78, 5) is 0. The van der Waals surface area contributed by atoms with Crippen molar-refractivity contribution in [2.75, 3.05) is 0 Å². The number of hydrogen-bond donors (Lipinski definition) is 0. The molecule has 0 aliphatic heterocycles. The van der Waals surface area contributed by atoms with E-state index in [-0.39, 0.29) is 0 Å². The van der Waals surface area contributed by atoms with Crippen LogP contribution in [0.3, 0.4) is 0 Å². The SMILES string of the molecule is CC.Cc1cc2cc3ccccc3cc2cc1C. The summed E-state index contributed by atoms with van der Waals surface area (Å²) in [6.45, 7) is 8.34. The van der Waals surface area contributed by atoms with Gasteiger partial charge in [0.1, 0.15) is 0 Å². The third-order valence-electron chi connectivity index (χ3n) is 3.32. The standard InChI is InChI=1S/C16H14.C2H6/c1-11-7-15-9-13-5-3-4-6-14(13)10-16(15)8-12(11)2;1-2/h3-10H,1-2H3;1-2H3. The zero-order valence-electron chi connectivity index (χ0n) is 11.6. The van der Waals surface area contributed by atoms with E-state index in [1.54, 1.807) is 0 Å². The minimum atomic E-state index is 1.32. The van der Waals surface area contributed by atoms with Gasteiger partial charge in [0, 0.05) is 0 Å². The quantitative estimate of drug-likeness (QED) is 0.443. The Morgan fingerprint density at radius 1 is 0.556 bits per heavy atom. The molecule has 0 heteroatoms. The van der Waals surface area contributed by atoms with Crippen LogP contribution < -0.4 is 0 Å². The Kier molecular flexibility index (Phi) is 3.66. The predicted octanol–water partition coefficient (Wildman–Crippen LogP) is 5.64. The van der Waals surface area contributed by atoms with E-state index in [0.29, 0.717) is 0 Å². The maximum absolute atomic E-state index is 2.27. The molecule has 0 heterocycles. The zero-order valence-corrected chi connectivity index (χ0v) is 11.6. The Morgan fingerprint density at radius 3 is 1.33 bits per heavy atom. The fraction of sp³-hybridized carbons (Fsp3) is 0.222. The largest absolute Gasteiger partial charge is 0.0683 e. The lowest BCUT2D eigenvalue weighted by Crippen LogP contribution is -1.82. The highest BCUT2D eigenvalue weighted by molar-refractivity contribution is 5.98. The van der Waals surface area contributed by atoms with Gasteiger partial charge in [-0.1, -0.05) is 50.2 Å². The first-order valence-corrected chi connectivity index (χ1v) is 6.64. The minimum Gasteiger partial charge on any atom is -0.0683 e. The van der Waals surface area contributed by atoms with Crippen LogP contribution in [0.15, 0.2) is 48.5 Å². The molecular formula is C18H20. The molecule has 0 spiro atoms. The molecule has 0 aromatic heterocycles. The van der Waals surface area contributed by atoms with Crippen LogP contribution in [0.25, 0.3) is 21.5 Å². The molecule has 0 fully saturated rings. The van der Waals surface area contributed by atoms with Gasteiger partial charge in [-0.2, -0.15) is 0 Å². The molecule has 0 aliphatic rings. The number of aryl methyl sites for hydroxylation is 2. The summed E-state index contributed by atoms with van der Waals surface area (Å²) < 4.78 is 0. The van der Waals surface area contributed by atoms with E-state index in [2.05, 4.69) is 62.4 Å². The highest BCUT2D eigenvalue weighted by atomic mass is 14.0. The van der Waals surface area contributed by atoms with Gasteiger partial charge in [-0.15, -0.1) is 0 Å². The Morgan fingerprint density at radius 2 is 0.944 bits per heavy atom. The number of rotatable bonds is 0. The summed E-state index contributed by atoms with van der Waals surface area (Å²) in [6, 6.07) is 17.6. The van der Waals surface area contributed by atoms with Gasteiger partial charge in [-0.3, -0.25) is 0 Å². The van der Waals surface area contributed by atoms with E-state index < -0.39 is 0 Å². The maximum Gasteiger partial charge on any atom is -0.0175 e. The second-order valence-electron chi connectivity index (χ2n) is 4.48. The van der Waals surface area contributed by atoms with E-state index in [0.717, 1.165) is 0 Å². The van der Waals surface area contributed by atoms with Crippen LogP contribution in [0, 0.1) is 13.8 Å². The lowest BCUT2D eigenvalue weighted by atomic mass is 9.99. The van der Waals surface area contributed by atoms with E-state index in [1.165, 1.54) is 32.7 Å². The first-order valence-electron chi connectivity index (χ1n) is 6.64. The second-order valence-corrected chi connectivity index (χ2v) is 4.48. The molecule has 0 nitrogen and oxygen atoms in total. The van der Waals surface area contributed by atoms with Gasteiger partial charge in [-0.05, 0) is 58.7 Å². The van der Waals surface area contributed by atoms with Gasteiger partial charge in [0.2, 0.25) is 0 Å². The van der Waals surface area contributed by atoms with Crippen molar-refractivity contribution in [3.8, 4) is 0 Å². The lowest BCUT2D eigenvalue weighted by Gasteiger charge is -2.06. The summed E-state index contributed by atoms with van der Waals surface area (Å²) in [5.41, 5.74) is 2.73. The fourth-order valence-corrected chi connectivity index (χ4v) is 2.22. The van der Waals surface area contributed by atoms with E-state index >= 15 is 0 Å². The van der Waals surface area contributed by atoms with Crippen molar-refractivity contribution in [2.24, 2.45) is 0 Å². The van der Waals surface area contributed by atoms with Crippen molar-refractivity contribution >= 4 is 21.5 Å². The van der Waals surface area contributed by atoms with Gasteiger partial charge in [0.05, 0.1) is 0 Å². The summed E-state index contributed by atoms with van der Waals surface area (Å²) >= 11 is 0. The average Bonchev–Trinajstić information content (AvgIpc) is 2.40. The van der Waals surface area contributed by atoms with Gasteiger partial charge in [0.25, 0.3) is 0 Å². The van der Waals surface area contributed by atoms with Crippen LogP contribution in [-0.4, -0.2) is 0 Å². The third kappa shape index (κ3) is 2.24. The van der Waals surface area contributed by atoms with E-state index in [9.17, 15) is 0 Å². The average molecular weight is 236 g/mol. The summed E-state index contributed by atoms with van der Waals surface area (Å²) in [6.07, 6.45) is 0. The molecule has 3 rings (SSSR count). The highest BCUT2D eigenvalue weighted by Gasteiger charge is 2.00. The second kappa shape index (κ2) is 5.22. The summed E-state index contributed by atoms with van der Waals surface area (Å²) in [7, 11) is 0. The first-order chi connectivity index (χ1) is 8.74. The van der Waals surface area contributed by atoms with Crippen molar-refractivity contribution in [1.29, 1.82) is 0 Å². The molecule has 92 valence electrons. The molecule has 0 bridgehead atoms. The van der Waals surface area contributed by atoms with E-state index in [1.807, 2.05) is 13.8 Å². The molecule has 0 amide bonds. The van der Waals surface area contributed by atoms with Gasteiger partial charge >= 0.3 is 0 Å². The van der Waals surface area contributed by atoms with Crippen molar-refractivity contribution in [2.45, 2.75) is 27.7 Å². The molecule has 0 saturated heterocycles. The Bertz CT molecular complexity index is 618. The Labute approximate surface area is 109 Å². The zero-order chi connectivity index (χ0) is 13.1. The minimum absolute atomic E-state index is 1.32. The van der Waals surface area contributed by atoms with Crippen molar-refractivity contribution in [3.63, 3.8) is 0 Å². The predicted molar refractivity (Wildman–Crippen MR) is 82.3 cm³/mol. The van der Waals surface area contributed by atoms with Crippen molar-refractivity contribution < 1.29 is 0 Å². The van der Waals surface area contributed by atoms with Gasteiger partial charge in [-0.25, -0.2) is 0 Å². The van der Waals surface area contributed by atoms with Crippen LogP contribution in [0.2, 0.25) is 0 Å². The van der Waals surface area contributed by atoms with Crippen LogP contribution in [0.4, 0.5) is 0 Å². The maximum atomic E-state index is 2.27. The molecular weight excluding hydrogens is 216 g/mol. The van der Waals surface area contributed by atoms with Crippen LogP contribution in [0.1, 0.15) is 25.0 Å². The highest BCUT2D eigenvalue weighted by Crippen LogP contribution is 2.25. The van der Waals surface area contributed by atoms with Crippen LogP contribution in [-0.2, 0) is 0 Å². The summed E-state index contributed by atoms with van der Waals surface area (Å²) in [5.74, 6) is 0. The lowest BCUT2D eigenvalue weighted by molar-refractivity contribution is 1.37. The number of benzene rings is 3. The molecule has 0 radical (unpaired) electrons. The monoisotopic (exact) mass is 236 g/mol. The normalized spacial score (nSPS) is 10.2. The number of hydrogen-bond acceptors (Lipinski definition) is 0.